The third kappa shape index (κ3) is 1.94. The first-order valence-electron chi connectivity index (χ1n) is 8.02. The number of hydrogen-bond donors (Lipinski definition) is 1. The van der Waals surface area contributed by atoms with E-state index in [0.717, 1.165) is 12.1 Å². The molecule has 4 aromatic carbocycles. The van der Waals surface area contributed by atoms with Crippen molar-refractivity contribution in [1.82, 2.24) is 5.16 Å². The van der Waals surface area contributed by atoms with Gasteiger partial charge in [-0.05, 0) is 41.8 Å². The van der Waals surface area contributed by atoms with Crippen molar-refractivity contribution in [1.29, 1.82) is 0 Å². The van der Waals surface area contributed by atoms with E-state index in [-0.39, 0.29) is 16.5 Å². The maximum Gasteiger partial charge on any atom is 0.175 e. The number of hydrogen-bond acceptors (Lipinski definition) is 3. The second kappa shape index (κ2) is 5.26. The number of fused-ring (bicyclic) bond motifs is 6. The molecule has 1 N–H and O–H groups in total. The molecule has 0 saturated carbocycles. The number of nitrogens with zero attached hydrogens (tertiary/aromatic N) is 1. The summed E-state index contributed by atoms with van der Waals surface area (Å²) in [4.78, 5) is 0. The molecule has 1 heterocycles. The predicted octanol–water partition coefficient (Wildman–Crippen LogP) is 5.79. The Morgan fingerprint density at radius 1 is 0.731 bits per heavy atom. The lowest BCUT2D eigenvalue weighted by molar-refractivity contribution is 0.441. The molecule has 5 aromatic rings. The lowest BCUT2D eigenvalue weighted by Gasteiger charge is -2.08. The minimum atomic E-state index is -0.541. The van der Waals surface area contributed by atoms with Gasteiger partial charge in [0, 0.05) is 21.7 Å². The molecule has 0 fully saturated rings. The third-order valence-corrected chi connectivity index (χ3v) is 4.63. The van der Waals surface area contributed by atoms with E-state index in [1.54, 1.807) is 24.3 Å². The van der Waals surface area contributed by atoms with E-state index >= 15 is 0 Å². The molecule has 0 radical (unpaired) electrons. The fraction of sp³-hybridized carbons (Fsp3) is 0. The van der Waals surface area contributed by atoms with Gasteiger partial charge in [-0.2, -0.15) is 0 Å². The van der Waals surface area contributed by atoms with E-state index in [0.29, 0.717) is 33.0 Å². The zero-order chi connectivity index (χ0) is 17.8. The number of halogens is 2. The van der Waals surface area contributed by atoms with Crippen LogP contribution in [-0.4, -0.2) is 10.3 Å². The number of benzene rings is 4. The van der Waals surface area contributed by atoms with Gasteiger partial charge in [0.25, 0.3) is 0 Å². The second-order valence-electron chi connectivity index (χ2n) is 6.11. The van der Waals surface area contributed by atoms with Crippen molar-refractivity contribution in [2.24, 2.45) is 0 Å². The Kier molecular flexibility index (Phi) is 3.00. The molecular formula is C21H11F2NO2. The summed E-state index contributed by atoms with van der Waals surface area (Å²) in [5.74, 6) is -0.608. The Bertz CT molecular complexity index is 1310. The van der Waals surface area contributed by atoms with Gasteiger partial charge in [0.05, 0.1) is 5.39 Å². The Balaban J connectivity index is 2.06. The van der Waals surface area contributed by atoms with E-state index in [1.807, 2.05) is 12.1 Å². The maximum atomic E-state index is 14.8. The highest BCUT2D eigenvalue weighted by molar-refractivity contribution is 6.27. The second-order valence-corrected chi connectivity index (χ2v) is 6.11. The molecule has 26 heavy (non-hydrogen) atoms. The average molecular weight is 347 g/mol. The topological polar surface area (TPSA) is 46.3 Å². The SMILES string of the molecule is Oc1ccc(-c2onc3c4ccccc4c4c(F)ccc(F)c4c23)cc1. The molecule has 0 bridgehead atoms. The first kappa shape index (κ1) is 14.8. The maximum absolute atomic E-state index is 14.8. The molecule has 5 heteroatoms. The summed E-state index contributed by atoms with van der Waals surface area (Å²) in [5, 5.41) is 15.7. The van der Waals surface area contributed by atoms with Gasteiger partial charge in [-0.3, -0.25) is 0 Å². The highest BCUT2D eigenvalue weighted by atomic mass is 19.1. The molecule has 0 unspecified atom stereocenters. The fourth-order valence-electron chi connectivity index (χ4n) is 3.48. The molecule has 0 aliphatic heterocycles. The Labute approximate surface area is 146 Å². The monoisotopic (exact) mass is 347 g/mol. The number of aromatic hydroxyl groups is 1. The van der Waals surface area contributed by atoms with Crippen molar-refractivity contribution < 1.29 is 18.4 Å². The van der Waals surface area contributed by atoms with Crippen LogP contribution in [0.15, 0.2) is 65.2 Å². The van der Waals surface area contributed by atoms with E-state index in [9.17, 15) is 13.9 Å². The van der Waals surface area contributed by atoms with E-state index in [2.05, 4.69) is 5.16 Å². The zero-order valence-corrected chi connectivity index (χ0v) is 13.3. The van der Waals surface area contributed by atoms with Crippen LogP contribution < -0.4 is 0 Å². The van der Waals surface area contributed by atoms with Crippen molar-refractivity contribution in [2.75, 3.05) is 0 Å². The van der Waals surface area contributed by atoms with Crippen molar-refractivity contribution in [3.63, 3.8) is 0 Å². The molecular weight excluding hydrogens is 336 g/mol. The molecule has 0 saturated heterocycles. The van der Waals surface area contributed by atoms with Crippen molar-refractivity contribution in [3.8, 4) is 17.1 Å². The number of aromatic nitrogens is 1. The Morgan fingerprint density at radius 2 is 1.38 bits per heavy atom. The van der Waals surface area contributed by atoms with Crippen LogP contribution in [0.1, 0.15) is 0 Å². The van der Waals surface area contributed by atoms with Crippen molar-refractivity contribution >= 4 is 32.4 Å². The Morgan fingerprint density at radius 3 is 2.12 bits per heavy atom. The molecule has 0 spiro atoms. The summed E-state index contributed by atoms with van der Waals surface area (Å²) < 4.78 is 35.0. The zero-order valence-electron chi connectivity index (χ0n) is 13.3. The van der Waals surface area contributed by atoms with E-state index in [1.165, 1.54) is 12.1 Å². The lowest BCUT2D eigenvalue weighted by Crippen LogP contribution is -1.89. The standard InChI is InChI=1S/C21H11F2NO2/c22-15-9-10-16(23)18-17(15)13-3-1-2-4-14(13)20-19(18)21(26-24-20)11-5-7-12(25)8-6-11/h1-10,25H. The summed E-state index contributed by atoms with van der Waals surface area (Å²) >= 11 is 0. The summed E-state index contributed by atoms with van der Waals surface area (Å²) in [6, 6.07) is 15.7. The summed E-state index contributed by atoms with van der Waals surface area (Å²) in [5.41, 5.74) is 1.09. The highest BCUT2D eigenvalue weighted by Crippen LogP contribution is 2.41. The van der Waals surface area contributed by atoms with Gasteiger partial charge < -0.3 is 9.63 Å². The van der Waals surface area contributed by atoms with Crippen LogP contribution in [0.4, 0.5) is 8.78 Å². The van der Waals surface area contributed by atoms with Crippen molar-refractivity contribution in [2.45, 2.75) is 0 Å². The minimum absolute atomic E-state index is 0.102. The van der Waals surface area contributed by atoms with Gasteiger partial charge in [-0.25, -0.2) is 8.78 Å². The van der Waals surface area contributed by atoms with Gasteiger partial charge in [-0.15, -0.1) is 0 Å². The number of phenols is 1. The molecule has 1 aromatic heterocycles. The molecule has 126 valence electrons. The van der Waals surface area contributed by atoms with Crippen LogP contribution in [0.5, 0.6) is 5.75 Å². The van der Waals surface area contributed by atoms with Crippen LogP contribution >= 0.6 is 0 Å². The van der Waals surface area contributed by atoms with Gasteiger partial charge in [0.1, 0.15) is 22.9 Å². The molecule has 5 rings (SSSR count). The van der Waals surface area contributed by atoms with Crippen LogP contribution in [0.2, 0.25) is 0 Å². The summed E-state index contributed by atoms with van der Waals surface area (Å²) in [6.45, 7) is 0. The third-order valence-electron chi connectivity index (χ3n) is 4.63. The van der Waals surface area contributed by atoms with E-state index < -0.39 is 11.6 Å². The van der Waals surface area contributed by atoms with Gasteiger partial charge in [0.2, 0.25) is 0 Å². The molecule has 0 atom stereocenters. The largest absolute Gasteiger partial charge is 0.508 e. The minimum Gasteiger partial charge on any atom is -0.508 e. The summed E-state index contributed by atoms with van der Waals surface area (Å²) in [7, 11) is 0. The fourth-order valence-corrected chi connectivity index (χ4v) is 3.48. The van der Waals surface area contributed by atoms with Gasteiger partial charge in [-0.1, -0.05) is 29.4 Å². The Hall–Kier alpha value is -3.47. The van der Waals surface area contributed by atoms with Crippen LogP contribution in [0.25, 0.3) is 43.8 Å². The van der Waals surface area contributed by atoms with Crippen molar-refractivity contribution in [3.05, 3.63) is 72.3 Å². The average Bonchev–Trinajstić information content (AvgIpc) is 3.10. The van der Waals surface area contributed by atoms with Crippen LogP contribution in [0, 0.1) is 11.6 Å². The normalized spacial score (nSPS) is 11.6. The number of rotatable bonds is 1. The van der Waals surface area contributed by atoms with Crippen LogP contribution in [0.3, 0.4) is 0 Å². The molecule has 0 aliphatic rings. The smallest absolute Gasteiger partial charge is 0.175 e. The molecule has 3 nitrogen and oxygen atoms in total. The quantitative estimate of drug-likeness (QED) is 0.391. The van der Waals surface area contributed by atoms with Gasteiger partial charge in [0.15, 0.2) is 5.76 Å². The van der Waals surface area contributed by atoms with Gasteiger partial charge >= 0.3 is 0 Å². The number of phenolic OH excluding ortho intramolecular Hbond substituents is 1. The predicted molar refractivity (Wildman–Crippen MR) is 96.0 cm³/mol. The highest BCUT2D eigenvalue weighted by Gasteiger charge is 2.22. The first-order chi connectivity index (χ1) is 12.6. The molecule has 0 aliphatic carbocycles. The first-order valence-corrected chi connectivity index (χ1v) is 8.02. The lowest BCUT2D eigenvalue weighted by atomic mass is 9.95. The summed E-state index contributed by atoms with van der Waals surface area (Å²) in [6.07, 6.45) is 0. The van der Waals surface area contributed by atoms with E-state index in [4.69, 9.17) is 4.52 Å². The van der Waals surface area contributed by atoms with Crippen LogP contribution in [-0.2, 0) is 0 Å². The molecule has 0 amide bonds.